The Bertz CT molecular complexity index is 1160. The molecule has 3 aromatic rings. The van der Waals surface area contributed by atoms with E-state index in [0.29, 0.717) is 24.3 Å². The predicted octanol–water partition coefficient (Wildman–Crippen LogP) is 5.95. The van der Waals surface area contributed by atoms with Gasteiger partial charge in [-0.05, 0) is 75.1 Å². The minimum Gasteiger partial charge on any atom is -0.487 e. The molecule has 1 spiro atoms. The summed E-state index contributed by atoms with van der Waals surface area (Å²) in [4.78, 5) is 14.1. The van der Waals surface area contributed by atoms with Crippen molar-refractivity contribution < 1.29 is 19.1 Å². The molecule has 1 unspecified atom stereocenters. The zero-order valence-electron chi connectivity index (χ0n) is 19.3. The summed E-state index contributed by atoms with van der Waals surface area (Å²) in [5.74, 6) is 0.808. The third kappa shape index (κ3) is 4.26. The standard InChI is InChI=1S/C27H31NO4S/c1-17-23-21(10-11-22-24(23)20(29)16-27(32-22)13-4-3-5-14-27)31-25(17)26(30)28-15-12-18-6-8-19(33-2)9-7-18/h6-11,20,29H,3-5,12-16H2,1-2H3,(H,28,30). The zero-order chi connectivity index (χ0) is 23.0. The third-order valence-corrected chi connectivity index (χ3v) is 7.89. The number of hydrogen-bond acceptors (Lipinski definition) is 5. The van der Waals surface area contributed by atoms with Crippen molar-refractivity contribution in [2.45, 2.75) is 68.5 Å². The summed E-state index contributed by atoms with van der Waals surface area (Å²) >= 11 is 1.71. The van der Waals surface area contributed by atoms with E-state index in [1.54, 1.807) is 11.8 Å². The number of aliphatic hydroxyl groups is 1. The Morgan fingerprint density at radius 1 is 1.15 bits per heavy atom. The summed E-state index contributed by atoms with van der Waals surface area (Å²) in [6.07, 6.45) is 8.27. The van der Waals surface area contributed by atoms with E-state index in [4.69, 9.17) is 9.15 Å². The van der Waals surface area contributed by atoms with E-state index in [0.717, 1.165) is 54.4 Å². The highest BCUT2D eigenvalue weighted by molar-refractivity contribution is 7.98. The molecule has 1 saturated carbocycles. The topological polar surface area (TPSA) is 71.7 Å². The summed E-state index contributed by atoms with van der Waals surface area (Å²) in [6, 6.07) is 12.1. The van der Waals surface area contributed by atoms with Crippen LogP contribution in [-0.4, -0.2) is 29.4 Å². The normalized spacial score (nSPS) is 19.3. The summed E-state index contributed by atoms with van der Waals surface area (Å²) in [6.45, 7) is 2.42. The maximum absolute atomic E-state index is 12.9. The average Bonchev–Trinajstić information content (AvgIpc) is 3.16. The molecule has 1 fully saturated rings. The first-order valence-electron chi connectivity index (χ1n) is 11.8. The van der Waals surface area contributed by atoms with Gasteiger partial charge >= 0.3 is 0 Å². The van der Waals surface area contributed by atoms with E-state index in [9.17, 15) is 9.90 Å². The number of amides is 1. The van der Waals surface area contributed by atoms with Gasteiger partial charge in [-0.15, -0.1) is 11.8 Å². The Morgan fingerprint density at radius 2 is 1.91 bits per heavy atom. The molecule has 2 aromatic carbocycles. The number of carbonyl (C=O) groups excluding carboxylic acids is 1. The minimum absolute atomic E-state index is 0.229. The number of hydrogen-bond donors (Lipinski definition) is 2. The molecule has 1 aliphatic carbocycles. The third-order valence-electron chi connectivity index (χ3n) is 7.15. The van der Waals surface area contributed by atoms with E-state index in [1.807, 2.05) is 19.1 Å². The quantitative estimate of drug-likeness (QED) is 0.455. The molecule has 1 aliphatic heterocycles. The molecule has 5 rings (SSSR count). The van der Waals surface area contributed by atoms with Gasteiger partial charge in [0.15, 0.2) is 5.76 Å². The molecule has 6 heteroatoms. The lowest BCUT2D eigenvalue weighted by Crippen LogP contribution is -2.42. The van der Waals surface area contributed by atoms with Crippen LogP contribution in [0, 0.1) is 6.92 Å². The molecule has 0 saturated heterocycles. The van der Waals surface area contributed by atoms with Crippen molar-refractivity contribution in [3.8, 4) is 5.75 Å². The van der Waals surface area contributed by atoms with Gasteiger partial charge < -0.3 is 19.6 Å². The van der Waals surface area contributed by atoms with Crippen molar-refractivity contribution in [3.05, 3.63) is 58.8 Å². The van der Waals surface area contributed by atoms with Gasteiger partial charge in [0.1, 0.15) is 16.9 Å². The summed E-state index contributed by atoms with van der Waals surface area (Å²) < 4.78 is 12.5. The number of aryl methyl sites for hydroxylation is 1. The van der Waals surface area contributed by atoms with Gasteiger partial charge in [0, 0.05) is 34.4 Å². The number of nitrogens with one attached hydrogen (secondary N) is 1. The fourth-order valence-electron chi connectivity index (χ4n) is 5.41. The maximum Gasteiger partial charge on any atom is 0.287 e. The van der Waals surface area contributed by atoms with Crippen molar-refractivity contribution in [1.29, 1.82) is 0 Å². The number of fused-ring (bicyclic) bond motifs is 3. The second-order valence-electron chi connectivity index (χ2n) is 9.33. The lowest BCUT2D eigenvalue weighted by Gasteiger charge is -2.43. The maximum atomic E-state index is 12.9. The second kappa shape index (κ2) is 9.07. The molecule has 2 aliphatic rings. The molecule has 5 nitrogen and oxygen atoms in total. The van der Waals surface area contributed by atoms with Crippen LogP contribution in [0.5, 0.6) is 5.75 Å². The van der Waals surface area contributed by atoms with E-state index in [-0.39, 0.29) is 11.5 Å². The lowest BCUT2D eigenvalue weighted by molar-refractivity contribution is -0.0373. The van der Waals surface area contributed by atoms with Crippen molar-refractivity contribution in [2.24, 2.45) is 0 Å². The van der Waals surface area contributed by atoms with Crippen LogP contribution in [0.4, 0.5) is 0 Å². The number of ether oxygens (including phenoxy) is 1. The van der Waals surface area contributed by atoms with Crippen LogP contribution in [0.2, 0.25) is 0 Å². The minimum atomic E-state index is -0.619. The largest absolute Gasteiger partial charge is 0.487 e. The van der Waals surface area contributed by atoms with E-state index < -0.39 is 6.10 Å². The molecular formula is C27H31NO4S. The molecular weight excluding hydrogens is 434 g/mol. The molecule has 1 amide bonds. The highest BCUT2D eigenvalue weighted by Crippen LogP contribution is 2.49. The average molecular weight is 466 g/mol. The van der Waals surface area contributed by atoms with Crippen LogP contribution in [0.25, 0.3) is 11.0 Å². The van der Waals surface area contributed by atoms with Gasteiger partial charge in [0.2, 0.25) is 0 Å². The van der Waals surface area contributed by atoms with Crippen LogP contribution in [-0.2, 0) is 6.42 Å². The summed E-state index contributed by atoms with van der Waals surface area (Å²) in [5, 5.41) is 14.9. The molecule has 0 radical (unpaired) electrons. The first-order valence-corrected chi connectivity index (χ1v) is 13.1. The van der Waals surface area contributed by atoms with Crippen molar-refractivity contribution >= 4 is 28.6 Å². The SMILES string of the molecule is CSc1ccc(CCNC(=O)c2oc3ccc4c(c3c2C)C(O)CC2(CCCCC2)O4)cc1. The molecule has 1 atom stereocenters. The predicted molar refractivity (Wildman–Crippen MR) is 131 cm³/mol. The molecule has 1 aromatic heterocycles. The van der Waals surface area contributed by atoms with Gasteiger partial charge in [-0.1, -0.05) is 18.6 Å². The first-order chi connectivity index (χ1) is 16.0. The van der Waals surface area contributed by atoms with E-state index >= 15 is 0 Å². The van der Waals surface area contributed by atoms with E-state index in [2.05, 4.69) is 35.8 Å². The van der Waals surface area contributed by atoms with Gasteiger partial charge in [-0.25, -0.2) is 0 Å². The fourth-order valence-corrected chi connectivity index (χ4v) is 5.82. The highest BCUT2D eigenvalue weighted by Gasteiger charge is 2.42. The first kappa shape index (κ1) is 22.4. The van der Waals surface area contributed by atoms with Gasteiger partial charge in [-0.3, -0.25) is 4.79 Å². The van der Waals surface area contributed by atoms with Crippen LogP contribution in [0.1, 0.15) is 71.9 Å². The highest BCUT2D eigenvalue weighted by atomic mass is 32.2. The number of furan rings is 1. The van der Waals surface area contributed by atoms with Gasteiger partial charge in [0.05, 0.1) is 6.10 Å². The van der Waals surface area contributed by atoms with Crippen LogP contribution in [0.3, 0.4) is 0 Å². The Hall–Kier alpha value is -2.44. The Morgan fingerprint density at radius 3 is 2.64 bits per heavy atom. The zero-order valence-corrected chi connectivity index (χ0v) is 20.1. The monoisotopic (exact) mass is 465 g/mol. The lowest BCUT2D eigenvalue weighted by atomic mass is 9.77. The fraction of sp³-hybridized carbons (Fsp3) is 0.444. The summed E-state index contributed by atoms with van der Waals surface area (Å²) in [7, 11) is 0. The molecule has 0 bridgehead atoms. The summed E-state index contributed by atoms with van der Waals surface area (Å²) in [5.41, 5.74) is 3.06. The number of aliphatic hydroxyl groups excluding tert-OH is 1. The Balaban J connectivity index is 1.35. The van der Waals surface area contributed by atoms with Gasteiger partial charge in [0.25, 0.3) is 5.91 Å². The van der Waals surface area contributed by atoms with Crippen molar-refractivity contribution in [1.82, 2.24) is 5.32 Å². The number of carbonyl (C=O) groups is 1. The van der Waals surface area contributed by atoms with Gasteiger partial charge in [-0.2, -0.15) is 0 Å². The molecule has 174 valence electrons. The van der Waals surface area contributed by atoms with Crippen LogP contribution >= 0.6 is 11.8 Å². The number of rotatable bonds is 5. The van der Waals surface area contributed by atoms with Crippen molar-refractivity contribution in [3.63, 3.8) is 0 Å². The Kier molecular flexibility index (Phi) is 6.14. The molecule has 2 heterocycles. The van der Waals surface area contributed by atoms with Crippen molar-refractivity contribution in [2.75, 3.05) is 12.8 Å². The molecule has 33 heavy (non-hydrogen) atoms. The smallest absolute Gasteiger partial charge is 0.287 e. The number of benzene rings is 2. The van der Waals surface area contributed by atoms with Crippen LogP contribution < -0.4 is 10.1 Å². The second-order valence-corrected chi connectivity index (χ2v) is 10.2. The molecule has 2 N–H and O–H groups in total. The number of thioether (sulfide) groups is 1. The Labute approximate surface area is 198 Å². The van der Waals surface area contributed by atoms with E-state index in [1.165, 1.54) is 16.9 Å². The van der Waals surface area contributed by atoms with Crippen LogP contribution in [0.15, 0.2) is 45.7 Å².